The van der Waals surface area contributed by atoms with Gasteiger partial charge in [0.15, 0.2) is 5.01 Å². The summed E-state index contributed by atoms with van der Waals surface area (Å²) < 4.78 is 0. The molecule has 0 saturated heterocycles. The molecule has 1 amide bonds. The predicted molar refractivity (Wildman–Crippen MR) is 115 cm³/mol. The molecule has 2 aromatic rings. The maximum Gasteiger partial charge on any atom is 0.282 e. The van der Waals surface area contributed by atoms with Crippen LogP contribution in [0.3, 0.4) is 0 Å². The molecule has 5 aliphatic carbocycles. The van der Waals surface area contributed by atoms with Gasteiger partial charge in [0.05, 0.1) is 22.5 Å². The van der Waals surface area contributed by atoms with Crippen LogP contribution < -0.4 is 10.6 Å². The third-order valence-electron chi connectivity index (χ3n) is 7.42. The van der Waals surface area contributed by atoms with Gasteiger partial charge in [-0.25, -0.2) is 0 Å². The standard InChI is InChI=1S/C22H25N5O2S/c1-23-19(28)21-27-26-20(30-21)15-10-24-16-4-2-3-14(16)18(15)25-17-12-5-11-6-13(17)9-22(29,7-11)8-12/h2-3,10-13,17,29H,4-9H2,1H3,(H,23,28)(H,24,25)/t11?,12-,13+,17?,22?. The van der Waals surface area contributed by atoms with Gasteiger partial charge in [0.25, 0.3) is 5.91 Å². The van der Waals surface area contributed by atoms with Crippen molar-refractivity contribution in [3.63, 3.8) is 0 Å². The van der Waals surface area contributed by atoms with Crippen LogP contribution in [0.5, 0.6) is 0 Å². The summed E-state index contributed by atoms with van der Waals surface area (Å²) in [5, 5.41) is 26.9. The smallest absolute Gasteiger partial charge is 0.282 e. The number of hydrogen-bond acceptors (Lipinski definition) is 7. The number of aliphatic hydroxyl groups is 1. The lowest BCUT2D eigenvalue weighted by Crippen LogP contribution is -2.59. The van der Waals surface area contributed by atoms with Gasteiger partial charge in [0.1, 0.15) is 0 Å². The number of carbonyl (C=O) groups excluding carboxylic acids is 1. The number of hydrogen-bond donors (Lipinski definition) is 3. The Kier molecular flexibility index (Phi) is 4.05. The van der Waals surface area contributed by atoms with E-state index in [2.05, 4.69) is 38.0 Å². The van der Waals surface area contributed by atoms with E-state index in [-0.39, 0.29) is 5.91 Å². The van der Waals surface area contributed by atoms with Crippen LogP contribution in [0.1, 0.15) is 53.2 Å². The molecule has 3 unspecified atom stereocenters. The molecule has 3 N–H and O–H groups in total. The van der Waals surface area contributed by atoms with Crippen LogP contribution in [0.25, 0.3) is 16.6 Å². The van der Waals surface area contributed by atoms with Gasteiger partial charge in [0, 0.05) is 31.3 Å². The Labute approximate surface area is 179 Å². The van der Waals surface area contributed by atoms with Gasteiger partial charge in [-0.05, 0) is 49.9 Å². The van der Waals surface area contributed by atoms with E-state index in [4.69, 9.17) is 0 Å². The van der Waals surface area contributed by atoms with Crippen LogP contribution in [-0.4, -0.2) is 44.9 Å². The quantitative estimate of drug-likeness (QED) is 0.699. The highest BCUT2D eigenvalue weighted by Gasteiger charge is 2.54. The predicted octanol–water partition coefficient (Wildman–Crippen LogP) is 2.88. The van der Waals surface area contributed by atoms with Gasteiger partial charge in [-0.3, -0.25) is 9.78 Å². The molecule has 5 aliphatic rings. The summed E-state index contributed by atoms with van der Waals surface area (Å²) in [7, 11) is 1.60. The number of amides is 1. The van der Waals surface area contributed by atoms with Crippen LogP contribution >= 0.6 is 11.3 Å². The summed E-state index contributed by atoms with van der Waals surface area (Å²) >= 11 is 1.29. The molecule has 7 nitrogen and oxygen atoms in total. The summed E-state index contributed by atoms with van der Waals surface area (Å²) in [6, 6.07) is 0.354. The lowest BCUT2D eigenvalue weighted by atomic mass is 9.52. The van der Waals surface area contributed by atoms with E-state index in [0.717, 1.165) is 48.2 Å². The fraction of sp³-hybridized carbons (Fsp3) is 0.545. The fourth-order valence-electron chi connectivity index (χ4n) is 6.43. The zero-order valence-corrected chi connectivity index (χ0v) is 17.7. The van der Waals surface area contributed by atoms with E-state index in [1.54, 1.807) is 7.05 Å². The van der Waals surface area contributed by atoms with Gasteiger partial charge < -0.3 is 15.7 Å². The largest absolute Gasteiger partial charge is 0.390 e. The number of fused-ring (bicyclic) bond motifs is 1. The molecular formula is C22H25N5O2S. The van der Waals surface area contributed by atoms with E-state index < -0.39 is 5.60 Å². The molecule has 5 atom stereocenters. The Hall–Kier alpha value is -2.32. The van der Waals surface area contributed by atoms with Crippen molar-refractivity contribution in [3.05, 3.63) is 28.5 Å². The van der Waals surface area contributed by atoms with Crippen molar-refractivity contribution in [2.75, 3.05) is 12.4 Å². The molecule has 4 saturated carbocycles. The topological polar surface area (TPSA) is 100 Å². The second-order valence-corrected chi connectivity index (χ2v) is 10.3. The molecule has 4 fully saturated rings. The summed E-state index contributed by atoms with van der Waals surface area (Å²) in [5.41, 5.74) is 3.70. The molecule has 2 heterocycles. The minimum absolute atomic E-state index is 0.225. The highest BCUT2D eigenvalue weighted by atomic mass is 32.1. The zero-order chi connectivity index (χ0) is 20.5. The van der Waals surface area contributed by atoms with Gasteiger partial charge in [-0.2, -0.15) is 0 Å². The van der Waals surface area contributed by atoms with Crippen molar-refractivity contribution in [3.8, 4) is 10.6 Å². The minimum atomic E-state index is -0.445. The number of nitrogens with zero attached hydrogens (tertiary/aromatic N) is 3. The monoisotopic (exact) mass is 423 g/mol. The van der Waals surface area contributed by atoms with Crippen molar-refractivity contribution >= 4 is 29.0 Å². The van der Waals surface area contributed by atoms with Crippen molar-refractivity contribution in [1.82, 2.24) is 20.5 Å². The number of aromatic nitrogens is 3. The fourth-order valence-corrected chi connectivity index (χ4v) is 7.23. The van der Waals surface area contributed by atoms with Gasteiger partial charge in [-0.1, -0.05) is 23.5 Å². The van der Waals surface area contributed by atoms with Crippen molar-refractivity contribution in [2.45, 2.75) is 50.2 Å². The van der Waals surface area contributed by atoms with Crippen molar-refractivity contribution in [2.24, 2.45) is 17.8 Å². The first-order chi connectivity index (χ1) is 14.5. The summed E-state index contributed by atoms with van der Waals surface area (Å²) in [6.07, 6.45) is 12.2. The van der Waals surface area contributed by atoms with Crippen molar-refractivity contribution in [1.29, 1.82) is 0 Å². The third kappa shape index (κ3) is 2.80. The van der Waals surface area contributed by atoms with E-state index >= 15 is 0 Å². The first-order valence-electron chi connectivity index (χ1n) is 10.8. The first kappa shape index (κ1) is 18.4. The summed E-state index contributed by atoms with van der Waals surface area (Å²) in [6.45, 7) is 0. The van der Waals surface area contributed by atoms with E-state index in [9.17, 15) is 9.90 Å². The third-order valence-corrected chi connectivity index (χ3v) is 8.38. The number of anilines is 1. The molecule has 2 aromatic heterocycles. The normalized spacial score (nSPS) is 33.0. The van der Waals surface area contributed by atoms with Gasteiger partial charge in [0.2, 0.25) is 5.01 Å². The Morgan fingerprint density at radius 1 is 1.23 bits per heavy atom. The highest BCUT2D eigenvalue weighted by Crippen LogP contribution is 2.56. The van der Waals surface area contributed by atoms with Crippen molar-refractivity contribution < 1.29 is 9.90 Å². The molecule has 0 spiro atoms. The van der Waals surface area contributed by atoms with Crippen LogP contribution in [0.15, 0.2) is 12.3 Å². The van der Waals surface area contributed by atoms with Gasteiger partial charge in [-0.15, -0.1) is 10.2 Å². The Bertz CT molecular complexity index is 1050. The van der Waals surface area contributed by atoms with E-state index in [1.165, 1.54) is 24.2 Å². The average Bonchev–Trinajstić information content (AvgIpc) is 3.38. The second-order valence-electron chi connectivity index (χ2n) is 9.37. The number of nitrogens with one attached hydrogen (secondary N) is 2. The molecule has 4 bridgehead atoms. The maximum absolute atomic E-state index is 12.0. The average molecular weight is 424 g/mol. The lowest BCUT2D eigenvalue weighted by molar-refractivity contribution is -0.129. The first-order valence-corrected chi connectivity index (χ1v) is 11.6. The molecule has 8 heteroatoms. The molecule has 0 aromatic carbocycles. The van der Waals surface area contributed by atoms with Crippen LogP contribution in [-0.2, 0) is 6.42 Å². The van der Waals surface area contributed by atoms with E-state index in [1.807, 2.05) is 6.20 Å². The van der Waals surface area contributed by atoms with Crippen LogP contribution in [0.2, 0.25) is 0 Å². The molecule has 0 radical (unpaired) electrons. The molecular weight excluding hydrogens is 398 g/mol. The molecule has 0 aliphatic heterocycles. The summed E-state index contributed by atoms with van der Waals surface area (Å²) in [5.74, 6) is 1.45. The molecule has 7 rings (SSSR count). The number of carbonyl (C=O) groups is 1. The Morgan fingerprint density at radius 3 is 2.77 bits per heavy atom. The molecule has 156 valence electrons. The Morgan fingerprint density at radius 2 is 2.03 bits per heavy atom. The number of pyridine rings is 1. The second kappa shape index (κ2) is 6.59. The lowest BCUT2D eigenvalue weighted by Gasteiger charge is -2.58. The van der Waals surface area contributed by atoms with Crippen LogP contribution in [0.4, 0.5) is 5.69 Å². The summed E-state index contributed by atoms with van der Waals surface area (Å²) in [4.78, 5) is 16.6. The molecule has 30 heavy (non-hydrogen) atoms. The minimum Gasteiger partial charge on any atom is -0.390 e. The van der Waals surface area contributed by atoms with E-state index in [0.29, 0.717) is 33.8 Å². The zero-order valence-electron chi connectivity index (χ0n) is 16.9. The van der Waals surface area contributed by atoms with Gasteiger partial charge >= 0.3 is 0 Å². The van der Waals surface area contributed by atoms with Crippen LogP contribution in [0, 0.1) is 17.8 Å². The number of allylic oxidation sites excluding steroid dienone is 1. The highest BCUT2D eigenvalue weighted by molar-refractivity contribution is 7.16. The Balaban J connectivity index is 1.39. The maximum atomic E-state index is 12.0. The number of rotatable bonds is 4. The SMILES string of the molecule is CNC(=O)c1nnc(-c2cnc3c(c2NC2[C@@H]4CC5C[C@H]2CC(O)(C5)C4)C=CC3)s1.